The molecule has 1 aliphatic rings. The lowest BCUT2D eigenvalue weighted by Gasteiger charge is -2.40. The van der Waals surface area contributed by atoms with E-state index in [1.807, 2.05) is 0 Å². The maximum absolute atomic E-state index is 13.2. The van der Waals surface area contributed by atoms with Crippen LogP contribution in [0, 0.1) is 6.92 Å². The molecule has 1 saturated heterocycles. The standard InChI is InChI=1S/C19H30NO3S/c1-4-7-16-23-17-8-10-18(11-9-17)24(21,22)19(5-2)12-14-20(6-3)15-13-19/h8-11H,2,4-7,12-16H2,1,3H3. The molecule has 0 saturated carbocycles. The summed E-state index contributed by atoms with van der Waals surface area (Å²) in [7, 11) is -3.39. The summed E-state index contributed by atoms with van der Waals surface area (Å²) in [6.07, 6.45) is 3.80. The lowest BCUT2D eigenvalue weighted by Crippen LogP contribution is -2.48. The first-order chi connectivity index (χ1) is 11.5. The Balaban J connectivity index is 2.16. The fourth-order valence-corrected chi connectivity index (χ4v) is 5.21. The number of hydrogen-bond acceptors (Lipinski definition) is 4. The van der Waals surface area contributed by atoms with Crippen LogP contribution in [0.5, 0.6) is 5.75 Å². The van der Waals surface area contributed by atoms with Crippen LogP contribution in [-0.4, -0.2) is 44.3 Å². The minimum absolute atomic E-state index is 0.388. The lowest BCUT2D eigenvalue weighted by molar-refractivity contribution is 0.203. The van der Waals surface area contributed by atoms with E-state index < -0.39 is 14.6 Å². The molecule has 135 valence electrons. The molecule has 1 heterocycles. The topological polar surface area (TPSA) is 46.6 Å². The van der Waals surface area contributed by atoms with Gasteiger partial charge in [-0.05, 0) is 69.6 Å². The van der Waals surface area contributed by atoms with E-state index in [9.17, 15) is 8.42 Å². The lowest BCUT2D eigenvalue weighted by atomic mass is 9.93. The monoisotopic (exact) mass is 352 g/mol. The maximum atomic E-state index is 13.2. The fourth-order valence-electron chi connectivity index (χ4n) is 3.23. The van der Waals surface area contributed by atoms with Gasteiger partial charge >= 0.3 is 0 Å². The maximum Gasteiger partial charge on any atom is 0.184 e. The molecular weight excluding hydrogens is 322 g/mol. The van der Waals surface area contributed by atoms with Crippen molar-refractivity contribution in [1.82, 2.24) is 4.90 Å². The summed E-state index contributed by atoms with van der Waals surface area (Å²) < 4.78 is 31.3. The fraction of sp³-hybridized carbons (Fsp3) is 0.632. The van der Waals surface area contributed by atoms with Crippen LogP contribution >= 0.6 is 0 Å². The Morgan fingerprint density at radius 2 is 1.79 bits per heavy atom. The third-order valence-electron chi connectivity index (χ3n) is 5.14. The van der Waals surface area contributed by atoms with Crippen LogP contribution in [0.1, 0.15) is 46.0 Å². The van der Waals surface area contributed by atoms with Crippen molar-refractivity contribution >= 4 is 9.84 Å². The second-order valence-corrected chi connectivity index (χ2v) is 8.89. The number of piperidine rings is 1. The van der Waals surface area contributed by atoms with E-state index in [0.717, 1.165) is 38.2 Å². The molecule has 0 N–H and O–H groups in total. The molecule has 0 bridgehead atoms. The zero-order valence-electron chi connectivity index (χ0n) is 15.0. The van der Waals surface area contributed by atoms with Gasteiger partial charge in [-0.1, -0.05) is 27.2 Å². The quantitative estimate of drug-likeness (QED) is 0.669. The molecule has 24 heavy (non-hydrogen) atoms. The highest BCUT2D eigenvalue weighted by Gasteiger charge is 2.45. The van der Waals surface area contributed by atoms with Crippen molar-refractivity contribution in [2.45, 2.75) is 55.6 Å². The number of ether oxygens (including phenoxy) is 1. The first-order valence-corrected chi connectivity index (χ1v) is 10.5. The molecule has 1 fully saturated rings. The van der Waals surface area contributed by atoms with Gasteiger partial charge in [-0.25, -0.2) is 8.42 Å². The Kier molecular flexibility index (Phi) is 6.70. The Morgan fingerprint density at radius 1 is 1.17 bits per heavy atom. The van der Waals surface area contributed by atoms with Crippen molar-refractivity contribution in [2.75, 3.05) is 26.2 Å². The summed E-state index contributed by atoms with van der Waals surface area (Å²) >= 11 is 0. The van der Waals surface area contributed by atoms with Crippen LogP contribution < -0.4 is 4.74 Å². The summed E-state index contributed by atoms with van der Waals surface area (Å²) in [5.74, 6) is 0.729. The Hall–Kier alpha value is -1.07. The van der Waals surface area contributed by atoms with Crippen LogP contribution in [0.2, 0.25) is 0 Å². The van der Waals surface area contributed by atoms with Crippen LogP contribution in [0.3, 0.4) is 0 Å². The second kappa shape index (κ2) is 8.34. The number of likely N-dealkylation sites (tertiary alicyclic amines) is 1. The van der Waals surface area contributed by atoms with E-state index in [-0.39, 0.29) is 0 Å². The normalized spacial score (nSPS) is 18.5. The highest BCUT2D eigenvalue weighted by molar-refractivity contribution is 7.92. The largest absolute Gasteiger partial charge is 0.494 e. The molecule has 5 heteroatoms. The number of hydrogen-bond donors (Lipinski definition) is 0. The highest BCUT2D eigenvalue weighted by atomic mass is 32.2. The van der Waals surface area contributed by atoms with Gasteiger partial charge in [0.1, 0.15) is 5.75 Å². The van der Waals surface area contributed by atoms with Gasteiger partial charge in [0.25, 0.3) is 0 Å². The van der Waals surface area contributed by atoms with E-state index >= 15 is 0 Å². The van der Waals surface area contributed by atoms with Crippen molar-refractivity contribution in [3.63, 3.8) is 0 Å². The number of benzene rings is 1. The van der Waals surface area contributed by atoms with Crippen molar-refractivity contribution < 1.29 is 13.2 Å². The van der Waals surface area contributed by atoms with Gasteiger partial charge in [0, 0.05) is 0 Å². The van der Waals surface area contributed by atoms with Gasteiger partial charge in [0.2, 0.25) is 0 Å². The van der Waals surface area contributed by atoms with Crippen LogP contribution in [0.25, 0.3) is 0 Å². The SMILES string of the molecule is [CH2]CC1(S(=O)(=O)c2ccc(OCCCC)cc2)CCN(CC)CC1. The molecule has 0 aromatic heterocycles. The van der Waals surface area contributed by atoms with Gasteiger partial charge in [-0.3, -0.25) is 0 Å². The Bertz CT molecular complexity index is 602. The van der Waals surface area contributed by atoms with Crippen molar-refractivity contribution in [3.8, 4) is 5.75 Å². The third kappa shape index (κ3) is 3.94. The molecule has 0 atom stereocenters. The molecular formula is C19H30NO3S. The number of rotatable bonds is 8. The van der Waals surface area contributed by atoms with Gasteiger partial charge in [0.05, 0.1) is 16.2 Å². The van der Waals surface area contributed by atoms with Crippen molar-refractivity contribution in [2.24, 2.45) is 0 Å². The smallest absolute Gasteiger partial charge is 0.184 e. The average Bonchev–Trinajstić information content (AvgIpc) is 2.62. The van der Waals surface area contributed by atoms with Crippen LogP contribution in [0.4, 0.5) is 0 Å². The molecule has 1 aromatic carbocycles. The van der Waals surface area contributed by atoms with Crippen molar-refractivity contribution in [1.29, 1.82) is 0 Å². The molecule has 4 nitrogen and oxygen atoms in total. The van der Waals surface area contributed by atoms with Gasteiger partial charge in [-0.2, -0.15) is 0 Å². The van der Waals surface area contributed by atoms with Gasteiger partial charge in [0.15, 0.2) is 9.84 Å². The summed E-state index contributed by atoms with van der Waals surface area (Å²) in [6.45, 7) is 11.5. The van der Waals surface area contributed by atoms with E-state index in [0.29, 0.717) is 30.8 Å². The molecule has 0 spiro atoms. The Labute approximate surface area is 147 Å². The van der Waals surface area contributed by atoms with Crippen molar-refractivity contribution in [3.05, 3.63) is 31.2 Å². The summed E-state index contributed by atoms with van der Waals surface area (Å²) in [5, 5.41) is 0. The molecule has 0 unspecified atom stereocenters. The molecule has 1 radical (unpaired) electrons. The zero-order valence-corrected chi connectivity index (χ0v) is 15.8. The number of nitrogens with zero attached hydrogens (tertiary/aromatic N) is 1. The third-order valence-corrected chi connectivity index (χ3v) is 7.79. The Morgan fingerprint density at radius 3 is 2.29 bits per heavy atom. The molecule has 0 amide bonds. The first-order valence-electron chi connectivity index (χ1n) is 8.98. The number of unbranched alkanes of at least 4 members (excludes halogenated alkanes) is 1. The van der Waals surface area contributed by atoms with Crippen LogP contribution in [-0.2, 0) is 9.84 Å². The summed E-state index contributed by atoms with van der Waals surface area (Å²) in [5.41, 5.74) is 0. The minimum Gasteiger partial charge on any atom is -0.494 e. The van der Waals surface area contributed by atoms with E-state index in [1.54, 1.807) is 24.3 Å². The predicted octanol–water partition coefficient (Wildman–Crippen LogP) is 3.72. The predicted molar refractivity (Wildman–Crippen MR) is 98.1 cm³/mol. The minimum atomic E-state index is -3.39. The molecule has 1 aromatic rings. The summed E-state index contributed by atoms with van der Waals surface area (Å²) in [4.78, 5) is 2.69. The summed E-state index contributed by atoms with van der Waals surface area (Å²) in [6, 6.07) is 6.89. The molecule has 0 aliphatic carbocycles. The molecule has 1 aliphatic heterocycles. The van der Waals surface area contributed by atoms with E-state index in [1.165, 1.54) is 0 Å². The zero-order chi connectivity index (χ0) is 17.6. The first kappa shape index (κ1) is 19.3. The second-order valence-electron chi connectivity index (χ2n) is 6.54. The number of sulfone groups is 1. The van der Waals surface area contributed by atoms with E-state index in [2.05, 4.69) is 25.7 Å². The highest BCUT2D eigenvalue weighted by Crippen LogP contribution is 2.38. The average molecular weight is 353 g/mol. The van der Waals surface area contributed by atoms with E-state index in [4.69, 9.17) is 4.74 Å². The molecule has 2 rings (SSSR count). The van der Waals surface area contributed by atoms with Crippen LogP contribution in [0.15, 0.2) is 29.2 Å². The van der Waals surface area contributed by atoms with Gasteiger partial charge in [-0.15, -0.1) is 0 Å². The van der Waals surface area contributed by atoms with Gasteiger partial charge < -0.3 is 9.64 Å².